The van der Waals surface area contributed by atoms with Gasteiger partial charge in [-0.05, 0) is 43.4 Å². The van der Waals surface area contributed by atoms with E-state index >= 15 is 0 Å². The average Bonchev–Trinajstić information content (AvgIpc) is 3.25. The minimum atomic E-state index is -0.620. The summed E-state index contributed by atoms with van der Waals surface area (Å²) in [6, 6.07) is 10.2. The molecule has 7 nitrogen and oxygen atoms in total. The maximum absolute atomic E-state index is 12.6. The molecule has 1 heterocycles. The van der Waals surface area contributed by atoms with Crippen LogP contribution in [0.1, 0.15) is 46.4 Å². The van der Waals surface area contributed by atoms with Gasteiger partial charge >= 0.3 is 5.97 Å². The van der Waals surface area contributed by atoms with Gasteiger partial charge in [-0.1, -0.05) is 25.0 Å². The number of rotatable bonds is 7. The molecule has 0 bridgehead atoms. The third-order valence-corrected chi connectivity index (χ3v) is 5.37. The fourth-order valence-electron chi connectivity index (χ4n) is 3.23. The molecule has 8 heteroatoms. The third-order valence-electron chi connectivity index (χ3n) is 4.65. The number of carbonyl (C=O) groups excluding carboxylic acids is 3. The van der Waals surface area contributed by atoms with Crippen LogP contribution in [0.3, 0.4) is 0 Å². The van der Waals surface area contributed by atoms with Crippen molar-refractivity contribution in [3.05, 3.63) is 53.7 Å². The van der Waals surface area contributed by atoms with E-state index in [0.29, 0.717) is 21.8 Å². The number of nitrogens with one attached hydrogen (secondary N) is 2. The van der Waals surface area contributed by atoms with Crippen molar-refractivity contribution < 1.29 is 19.1 Å². The van der Waals surface area contributed by atoms with Crippen molar-refractivity contribution in [3.63, 3.8) is 0 Å². The quantitative estimate of drug-likeness (QED) is 0.534. The predicted molar refractivity (Wildman–Crippen MR) is 111 cm³/mol. The Morgan fingerprint density at radius 1 is 1.10 bits per heavy atom. The molecule has 1 aliphatic rings. The SMILES string of the molecule is CSc1ncccc1C(=O)OCC(=O)Nc1ccccc1C(=O)NC1CCCC1. The fourth-order valence-corrected chi connectivity index (χ4v) is 3.76. The molecule has 1 fully saturated rings. The molecule has 0 spiro atoms. The highest BCUT2D eigenvalue weighted by molar-refractivity contribution is 7.98. The lowest BCUT2D eigenvalue weighted by Gasteiger charge is -2.15. The van der Waals surface area contributed by atoms with Gasteiger partial charge in [0.15, 0.2) is 6.61 Å². The standard InChI is InChI=1S/C21H23N3O4S/c1-29-20-16(10-6-12-22-20)21(27)28-13-18(25)24-17-11-5-4-9-15(17)19(26)23-14-7-2-3-8-14/h4-6,9-12,14H,2-3,7-8,13H2,1H3,(H,23,26)(H,24,25). The Balaban J connectivity index is 1.59. The number of amides is 2. The second kappa shape index (κ2) is 10.1. The van der Waals surface area contributed by atoms with Crippen LogP contribution in [-0.4, -0.2) is 41.7 Å². The van der Waals surface area contributed by atoms with E-state index in [1.807, 2.05) is 0 Å². The highest BCUT2D eigenvalue weighted by Gasteiger charge is 2.20. The number of benzene rings is 1. The van der Waals surface area contributed by atoms with Gasteiger partial charge in [-0.3, -0.25) is 9.59 Å². The monoisotopic (exact) mass is 413 g/mol. The number of carbonyl (C=O) groups is 3. The first kappa shape index (κ1) is 20.9. The summed E-state index contributed by atoms with van der Waals surface area (Å²) in [5.74, 6) is -1.36. The van der Waals surface area contributed by atoms with Gasteiger partial charge in [0.05, 0.1) is 16.8 Å². The molecule has 1 saturated carbocycles. The van der Waals surface area contributed by atoms with Crippen LogP contribution in [-0.2, 0) is 9.53 Å². The Hall–Kier alpha value is -2.87. The second-order valence-electron chi connectivity index (χ2n) is 6.68. The highest BCUT2D eigenvalue weighted by atomic mass is 32.2. The summed E-state index contributed by atoms with van der Waals surface area (Å²) in [5, 5.41) is 6.20. The molecular formula is C21H23N3O4S. The average molecular weight is 413 g/mol. The van der Waals surface area contributed by atoms with Crippen molar-refractivity contribution in [2.45, 2.75) is 36.8 Å². The summed E-state index contributed by atoms with van der Waals surface area (Å²) in [6.07, 6.45) is 7.57. The van der Waals surface area contributed by atoms with Gasteiger partial charge in [-0.25, -0.2) is 9.78 Å². The first-order valence-corrected chi connectivity index (χ1v) is 10.7. The summed E-state index contributed by atoms with van der Waals surface area (Å²) in [7, 11) is 0. The molecule has 2 N–H and O–H groups in total. The molecule has 0 unspecified atom stereocenters. The number of hydrogen-bond acceptors (Lipinski definition) is 6. The lowest BCUT2D eigenvalue weighted by molar-refractivity contribution is -0.119. The summed E-state index contributed by atoms with van der Waals surface area (Å²) < 4.78 is 5.11. The van der Waals surface area contributed by atoms with Gasteiger partial charge in [0.25, 0.3) is 11.8 Å². The first-order valence-electron chi connectivity index (χ1n) is 9.44. The van der Waals surface area contributed by atoms with Crippen molar-refractivity contribution in [3.8, 4) is 0 Å². The van der Waals surface area contributed by atoms with Crippen LogP contribution in [0.2, 0.25) is 0 Å². The molecule has 0 atom stereocenters. The van der Waals surface area contributed by atoms with Gasteiger partial charge in [0.2, 0.25) is 0 Å². The zero-order chi connectivity index (χ0) is 20.6. The van der Waals surface area contributed by atoms with Crippen LogP contribution in [0, 0.1) is 0 Å². The maximum Gasteiger partial charge on any atom is 0.341 e. The Morgan fingerprint density at radius 2 is 1.83 bits per heavy atom. The highest BCUT2D eigenvalue weighted by Crippen LogP contribution is 2.21. The molecule has 1 aliphatic carbocycles. The zero-order valence-electron chi connectivity index (χ0n) is 16.1. The summed E-state index contributed by atoms with van der Waals surface area (Å²) >= 11 is 1.32. The van der Waals surface area contributed by atoms with E-state index in [-0.39, 0.29) is 11.9 Å². The number of esters is 1. The van der Waals surface area contributed by atoms with Crippen molar-refractivity contribution in [2.75, 3.05) is 18.2 Å². The molecule has 2 aromatic rings. The van der Waals surface area contributed by atoms with Gasteiger partial charge in [-0.2, -0.15) is 0 Å². The van der Waals surface area contributed by atoms with Crippen LogP contribution in [0.5, 0.6) is 0 Å². The van der Waals surface area contributed by atoms with E-state index in [2.05, 4.69) is 15.6 Å². The fraction of sp³-hybridized carbons (Fsp3) is 0.333. The Bertz CT molecular complexity index is 897. The maximum atomic E-state index is 12.6. The third kappa shape index (κ3) is 5.57. The number of ether oxygens (including phenoxy) is 1. The van der Waals surface area contributed by atoms with Crippen LogP contribution >= 0.6 is 11.8 Å². The van der Waals surface area contributed by atoms with Crippen LogP contribution in [0.4, 0.5) is 5.69 Å². The number of pyridine rings is 1. The van der Waals surface area contributed by atoms with Crippen LogP contribution in [0.15, 0.2) is 47.6 Å². The lowest BCUT2D eigenvalue weighted by Crippen LogP contribution is -2.33. The molecule has 152 valence electrons. The van der Waals surface area contributed by atoms with E-state index in [1.165, 1.54) is 11.8 Å². The number of para-hydroxylation sites is 1. The van der Waals surface area contributed by atoms with E-state index in [9.17, 15) is 14.4 Å². The number of anilines is 1. The lowest BCUT2D eigenvalue weighted by atomic mass is 10.1. The van der Waals surface area contributed by atoms with Crippen molar-refractivity contribution >= 4 is 35.2 Å². The van der Waals surface area contributed by atoms with Gasteiger partial charge in [0.1, 0.15) is 5.03 Å². The number of thioether (sulfide) groups is 1. The van der Waals surface area contributed by atoms with Crippen molar-refractivity contribution in [2.24, 2.45) is 0 Å². The second-order valence-corrected chi connectivity index (χ2v) is 7.48. The number of nitrogens with zero attached hydrogens (tertiary/aromatic N) is 1. The minimum Gasteiger partial charge on any atom is -0.452 e. The smallest absolute Gasteiger partial charge is 0.341 e. The topological polar surface area (TPSA) is 97.4 Å². The zero-order valence-corrected chi connectivity index (χ0v) is 17.0. The Labute approximate surface area is 173 Å². The van der Waals surface area contributed by atoms with E-state index < -0.39 is 18.5 Å². The normalized spacial score (nSPS) is 13.7. The number of aromatic nitrogens is 1. The van der Waals surface area contributed by atoms with E-state index in [4.69, 9.17) is 4.74 Å². The Morgan fingerprint density at radius 3 is 2.59 bits per heavy atom. The van der Waals surface area contributed by atoms with Gasteiger partial charge in [0, 0.05) is 12.2 Å². The van der Waals surface area contributed by atoms with Gasteiger partial charge in [-0.15, -0.1) is 11.8 Å². The van der Waals surface area contributed by atoms with E-state index in [0.717, 1.165) is 25.7 Å². The van der Waals surface area contributed by atoms with Crippen LogP contribution < -0.4 is 10.6 Å². The molecule has 0 aliphatic heterocycles. The summed E-state index contributed by atoms with van der Waals surface area (Å²) in [6.45, 7) is -0.458. The Kier molecular flexibility index (Phi) is 7.24. The summed E-state index contributed by atoms with van der Waals surface area (Å²) in [5.41, 5.74) is 1.08. The first-order chi connectivity index (χ1) is 14.1. The summed E-state index contributed by atoms with van der Waals surface area (Å²) in [4.78, 5) is 41.2. The van der Waals surface area contributed by atoms with Crippen molar-refractivity contribution in [1.29, 1.82) is 0 Å². The van der Waals surface area contributed by atoms with Gasteiger partial charge < -0.3 is 15.4 Å². The largest absolute Gasteiger partial charge is 0.452 e. The number of hydrogen-bond donors (Lipinski definition) is 2. The molecule has 0 saturated heterocycles. The minimum absolute atomic E-state index is 0.178. The molecule has 1 aromatic carbocycles. The van der Waals surface area contributed by atoms with Crippen LogP contribution in [0.25, 0.3) is 0 Å². The molecule has 1 aromatic heterocycles. The molecule has 0 radical (unpaired) electrons. The van der Waals surface area contributed by atoms with Crippen molar-refractivity contribution in [1.82, 2.24) is 10.3 Å². The predicted octanol–water partition coefficient (Wildman–Crippen LogP) is 3.27. The van der Waals surface area contributed by atoms with E-state index in [1.54, 1.807) is 48.9 Å². The molecule has 3 rings (SSSR count). The molecule has 29 heavy (non-hydrogen) atoms. The molecular weight excluding hydrogens is 390 g/mol. The molecule has 2 amide bonds.